The first-order valence-corrected chi connectivity index (χ1v) is 11.1. The van der Waals surface area contributed by atoms with E-state index in [9.17, 15) is 13.2 Å². The first kappa shape index (κ1) is 17.9. The van der Waals surface area contributed by atoms with Gasteiger partial charge in [-0.2, -0.15) is 0 Å². The second-order valence-electron chi connectivity index (χ2n) is 8.79. The van der Waals surface area contributed by atoms with Crippen LogP contribution < -0.4 is 15.8 Å². The third kappa shape index (κ3) is 3.52. The highest BCUT2D eigenvalue weighted by Crippen LogP contribution is 2.54. The van der Waals surface area contributed by atoms with Crippen LogP contribution in [0.4, 0.5) is 5.69 Å². The number of nitrogens with two attached hydrogens (primary N) is 2. The summed E-state index contributed by atoms with van der Waals surface area (Å²) in [6, 6.07) is 5.82. The smallest absolute Gasteiger partial charge is 0.282 e. The fraction of sp³-hybridized carbons (Fsp3) is 0.632. The Labute approximate surface area is 155 Å². The monoisotopic (exact) mass is 378 g/mol. The summed E-state index contributed by atoms with van der Waals surface area (Å²) in [5.74, 6) is 2.54. The molecule has 4 fully saturated rings. The number of benzene rings is 1. The van der Waals surface area contributed by atoms with E-state index in [1.54, 1.807) is 12.1 Å². The van der Waals surface area contributed by atoms with Gasteiger partial charge in [0, 0.05) is 24.9 Å². The van der Waals surface area contributed by atoms with Crippen LogP contribution in [0, 0.1) is 17.8 Å². The second-order valence-corrected chi connectivity index (χ2v) is 10.4. The number of hydrogen-bond acceptors (Lipinski definition) is 3. The highest BCUT2D eigenvalue weighted by atomic mass is 32.2. The lowest BCUT2D eigenvalue weighted by Gasteiger charge is -2.55. The van der Waals surface area contributed by atoms with Crippen molar-refractivity contribution in [1.82, 2.24) is 0 Å². The van der Waals surface area contributed by atoms with Gasteiger partial charge in [0.1, 0.15) is 0 Å². The number of rotatable bonds is 5. The normalized spacial score (nSPS) is 33.8. The quantitative estimate of drug-likeness (QED) is 0.716. The highest BCUT2D eigenvalue weighted by Gasteiger charge is 2.54. The SMILES string of the molecule is C[C@@H]([NH2+]C12CC3CC(CC(C3)C1)C2)C(=O)Nc1ccc(S(N)(=O)=O)cc1. The van der Waals surface area contributed by atoms with Crippen LogP contribution in [0.3, 0.4) is 0 Å². The molecule has 0 aromatic heterocycles. The first-order chi connectivity index (χ1) is 12.2. The van der Waals surface area contributed by atoms with Crippen LogP contribution in [0.5, 0.6) is 0 Å². The van der Waals surface area contributed by atoms with E-state index >= 15 is 0 Å². The van der Waals surface area contributed by atoms with E-state index in [4.69, 9.17) is 5.14 Å². The molecule has 1 atom stereocenters. The van der Waals surface area contributed by atoms with Crippen LogP contribution in [-0.2, 0) is 14.8 Å². The highest BCUT2D eigenvalue weighted by molar-refractivity contribution is 7.89. The van der Waals surface area contributed by atoms with Crippen molar-refractivity contribution in [1.29, 1.82) is 0 Å². The minimum absolute atomic E-state index is 0.0379. The molecule has 4 saturated carbocycles. The number of quaternary nitrogens is 1. The molecule has 4 aliphatic carbocycles. The van der Waals surface area contributed by atoms with Crippen molar-refractivity contribution in [3.05, 3.63) is 24.3 Å². The van der Waals surface area contributed by atoms with Crippen molar-refractivity contribution in [2.45, 2.75) is 61.9 Å². The van der Waals surface area contributed by atoms with Gasteiger partial charge in [-0.25, -0.2) is 13.6 Å². The summed E-state index contributed by atoms with van der Waals surface area (Å²) in [5, 5.41) is 10.3. The largest absolute Gasteiger partial charge is 0.331 e. The van der Waals surface area contributed by atoms with Gasteiger partial charge in [-0.15, -0.1) is 0 Å². The predicted molar refractivity (Wildman–Crippen MR) is 98.7 cm³/mol. The maximum Gasteiger partial charge on any atom is 0.282 e. The van der Waals surface area contributed by atoms with Gasteiger partial charge >= 0.3 is 0 Å². The van der Waals surface area contributed by atoms with Crippen molar-refractivity contribution >= 4 is 21.6 Å². The predicted octanol–water partition coefficient (Wildman–Crippen LogP) is 1.19. The number of sulfonamides is 1. The minimum Gasteiger partial charge on any atom is -0.331 e. The lowest BCUT2D eigenvalue weighted by Crippen LogP contribution is -3.03. The topological polar surface area (TPSA) is 106 Å². The number of carbonyl (C=O) groups is 1. The van der Waals surface area contributed by atoms with Gasteiger partial charge in [0.15, 0.2) is 6.04 Å². The van der Waals surface area contributed by atoms with Gasteiger partial charge in [0.2, 0.25) is 10.0 Å². The molecule has 1 aromatic rings. The van der Waals surface area contributed by atoms with Gasteiger partial charge in [0.05, 0.1) is 10.4 Å². The summed E-state index contributed by atoms with van der Waals surface area (Å²) < 4.78 is 22.6. The number of primary sulfonamides is 1. The standard InChI is InChI=1S/C19H27N3O3S/c1-12(18(23)21-16-2-4-17(5-3-16)26(20,24)25)22-19-9-13-6-14(10-19)8-15(7-13)11-19/h2-5,12-15,22H,6-11H2,1H3,(H,21,23)(H2,20,24,25)/p+1/t12-,13?,14?,15?,19?/m1/s1. The number of hydrogen-bond donors (Lipinski definition) is 3. The van der Waals surface area contributed by atoms with Crippen LogP contribution in [0.15, 0.2) is 29.2 Å². The van der Waals surface area contributed by atoms with E-state index < -0.39 is 10.0 Å². The Bertz CT molecular complexity index is 769. The van der Waals surface area contributed by atoms with Gasteiger partial charge in [-0.05, 0) is 68.2 Å². The van der Waals surface area contributed by atoms with E-state index in [-0.39, 0.29) is 22.4 Å². The summed E-state index contributed by atoms with van der Waals surface area (Å²) in [6.07, 6.45) is 7.93. The Balaban J connectivity index is 1.39. The Morgan fingerprint density at radius 2 is 1.62 bits per heavy atom. The van der Waals surface area contributed by atoms with Crippen molar-refractivity contribution in [3.63, 3.8) is 0 Å². The average molecular weight is 379 g/mol. The van der Waals surface area contributed by atoms with Gasteiger partial charge in [0.25, 0.3) is 5.91 Å². The molecule has 5 rings (SSSR count). The summed E-state index contributed by atoms with van der Waals surface area (Å²) in [5.41, 5.74) is 0.844. The van der Waals surface area contributed by atoms with Gasteiger partial charge in [-0.1, -0.05) is 0 Å². The van der Waals surface area contributed by atoms with Crippen molar-refractivity contribution in [2.75, 3.05) is 5.32 Å². The summed E-state index contributed by atoms with van der Waals surface area (Å²) >= 11 is 0. The lowest BCUT2D eigenvalue weighted by molar-refractivity contribution is -0.754. The number of nitrogens with one attached hydrogen (secondary N) is 1. The number of anilines is 1. The molecule has 5 N–H and O–H groups in total. The minimum atomic E-state index is -3.71. The first-order valence-electron chi connectivity index (χ1n) is 9.52. The number of amides is 1. The molecule has 0 aliphatic heterocycles. The maximum absolute atomic E-state index is 12.6. The Morgan fingerprint density at radius 1 is 1.12 bits per heavy atom. The van der Waals surface area contributed by atoms with E-state index in [0.29, 0.717) is 5.69 Å². The van der Waals surface area contributed by atoms with Crippen molar-refractivity contribution in [3.8, 4) is 0 Å². The molecule has 4 aliphatic rings. The maximum atomic E-state index is 12.6. The third-order valence-electron chi connectivity index (χ3n) is 6.55. The van der Waals surface area contributed by atoms with Crippen LogP contribution in [-0.4, -0.2) is 25.9 Å². The van der Waals surface area contributed by atoms with E-state index in [2.05, 4.69) is 10.6 Å². The Hall–Kier alpha value is -1.44. The molecule has 7 heteroatoms. The molecule has 4 bridgehead atoms. The Kier molecular flexibility index (Phi) is 4.36. The molecule has 0 heterocycles. The fourth-order valence-corrected chi connectivity index (χ4v) is 6.49. The van der Waals surface area contributed by atoms with Crippen LogP contribution in [0.25, 0.3) is 0 Å². The number of carbonyl (C=O) groups excluding carboxylic acids is 1. The van der Waals surface area contributed by atoms with E-state index in [0.717, 1.165) is 17.8 Å². The average Bonchev–Trinajstić information content (AvgIpc) is 2.52. The summed E-state index contributed by atoms with van der Waals surface area (Å²) in [7, 11) is -3.71. The zero-order chi connectivity index (χ0) is 18.5. The molecule has 1 aromatic carbocycles. The van der Waals surface area contributed by atoms with Crippen LogP contribution in [0.1, 0.15) is 45.4 Å². The van der Waals surface area contributed by atoms with E-state index in [1.807, 2.05) is 6.92 Å². The van der Waals surface area contributed by atoms with Gasteiger partial charge < -0.3 is 10.6 Å². The molecule has 142 valence electrons. The summed E-state index contributed by atoms with van der Waals surface area (Å²) in [6.45, 7) is 1.96. The second kappa shape index (κ2) is 6.32. The fourth-order valence-electron chi connectivity index (χ4n) is 5.97. The molecular weight excluding hydrogens is 350 g/mol. The Morgan fingerprint density at radius 3 is 2.08 bits per heavy atom. The van der Waals surface area contributed by atoms with Crippen LogP contribution >= 0.6 is 0 Å². The molecule has 0 saturated heterocycles. The van der Waals surface area contributed by atoms with Crippen molar-refractivity contribution < 1.29 is 18.5 Å². The zero-order valence-electron chi connectivity index (χ0n) is 15.1. The molecule has 0 unspecified atom stereocenters. The van der Waals surface area contributed by atoms with Crippen LogP contribution in [0.2, 0.25) is 0 Å². The summed E-state index contributed by atoms with van der Waals surface area (Å²) in [4.78, 5) is 12.7. The van der Waals surface area contributed by atoms with E-state index in [1.165, 1.54) is 50.7 Å². The molecule has 0 spiro atoms. The molecule has 6 nitrogen and oxygen atoms in total. The van der Waals surface area contributed by atoms with Gasteiger partial charge in [-0.3, -0.25) is 4.79 Å². The molecule has 26 heavy (non-hydrogen) atoms. The molecule has 0 radical (unpaired) electrons. The molecular formula is C19H28N3O3S+. The lowest BCUT2D eigenvalue weighted by atomic mass is 9.53. The third-order valence-corrected chi connectivity index (χ3v) is 7.48. The molecule has 1 amide bonds. The zero-order valence-corrected chi connectivity index (χ0v) is 16.0. The van der Waals surface area contributed by atoms with Crippen molar-refractivity contribution in [2.24, 2.45) is 22.9 Å².